The first-order valence-corrected chi connectivity index (χ1v) is 12.4. The Morgan fingerprint density at radius 3 is 2.60 bits per heavy atom. The Morgan fingerprint density at radius 1 is 1.20 bits per heavy atom. The van der Waals surface area contributed by atoms with Crippen molar-refractivity contribution in [3.8, 4) is 11.4 Å². The molecule has 3 atom stereocenters. The van der Waals surface area contributed by atoms with Gasteiger partial charge in [0.1, 0.15) is 6.10 Å². The zero-order valence-corrected chi connectivity index (χ0v) is 21.2. The minimum Gasteiger partial charge on any atom is -0.459 e. The highest BCUT2D eigenvalue weighted by Gasteiger charge is 2.37. The summed E-state index contributed by atoms with van der Waals surface area (Å²) in [5.41, 5.74) is 0.944. The lowest BCUT2D eigenvalue weighted by Crippen LogP contribution is -2.37. The number of nitrogens with zero attached hydrogens (tertiary/aromatic N) is 2. The third-order valence-electron chi connectivity index (χ3n) is 7.17. The van der Waals surface area contributed by atoms with Crippen LogP contribution in [0.15, 0.2) is 42.5 Å². The minimum atomic E-state index is -4.59. The number of imidazole rings is 1. The summed E-state index contributed by atoms with van der Waals surface area (Å²) in [6, 6.07) is 11.3. The molecule has 0 unspecified atom stereocenters. The van der Waals surface area contributed by atoms with Gasteiger partial charge in [0, 0.05) is 0 Å². The van der Waals surface area contributed by atoms with Crippen molar-refractivity contribution < 1.29 is 27.3 Å². The van der Waals surface area contributed by atoms with Gasteiger partial charge in [-0.2, -0.15) is 13.2 Å². The van der Waals surface area contributed by atoms with E-state index < -0.39 is 11.7 Å². The van der Waals surface area contributed by atoms with Crippen molar-refractivity contribution in [2.45, 2.75) is 58.9 Å². The maximum Gasteiger partial charge on any atom is 0.417 e. The first-order valence-electron chi connectivity index (χ1n) is 12.0. The normalized spacial score (nSPS) is 21.0. The summed E-state index contributed by atoms with van der Waals surface area (Å²) in [6.07, 6.45) is -1.78. The monoisotopic (exact) mass is 507 g/mol. The number of rotatable bonds is 5. The zero-order valence-electron chi connectivity index (χ0n) is 20.4. The number of para-hydroxylation sites is 2. The fraction of sp³-hybridized carbons (Fsp3) is 0.481. The molecular weight excluding hydrogens is 477 g/mol. The van der Waals surface area contributed by atoms with E-state index in [4.69, 9.17) is 16.3 Å². The zero-order chi connectivity index (χ0) is 25.5. The van der Waals surface area contributed by atoms with Crippen molar-refractivity contribution in [2.24, 2.45) is 24.8 Å². The lowest BCUT2D eigenvalue weighted by molar-refractivity contribution is -0.634. The average molecular weight is 508 g/mol. The number of hydrogen-bond donors (Lipinski definition) is 0. The Kier molecular flexibility index (Phi) is 7.18. The third-order valence-corrected chi connectivity index (χ3v) is 7.50. The molecule has 0 aliphatic heterocycles. The molecule has 1 fully saturated rings. The molecule has 1 aromatic heterocycles. The van der Waals surface area contributed by atoms with Crippen molar-refractivity contribution in [3.05, 3.63) is 53.1 Å². The SMILES string of the molecule is CC(C)[C@@H]1CC[C@@H](C)C[C@H]1OC(=O)Cn1c(-c2ccc(Cl)c(C(F)(F)F)c2)[n+](C)c2ccccc21. The van der Waals surface area contributed by atoms with Gasteiger partial charge >= 0.3 is 12.1 Å². The van der Waals surface area contributed by atoms with Gasteiger partial charge in [-0.25, -0.2) is 13.9 Å². The van der Waals surface area contributed by atoms with Crippen molar-refractivity contribution in [1.82, 2.24) is 4.57 Å². The number of benzene rings is 2. The molecule has 188 valence electrons. The minimum absolute atomic E-state index is 0.101. The van der Waals surface area contributed by atoms with Crippen molar-refractivity contribution >= 4 is 28.6 Å². The second-order valence-electron chi connectivity index (χ2n) is 10.0. The summed E-state index contributed by atoms with van der Waals surface area (Å²) < 4.78 is 50.3. The van der Waals surface area contributed by atoms with E-state index in [1.807, 2.05) is 24.3 Å². The van der Waals surface area contributed by atoms with Crippen LogP contribution >= 0.6 is 11.6 Å². The topological polar surface area (TPSA) is 35.1 Å². The fourth-order valence-corrected chi connectivity index (χ4v) is 5.59. The summed E-state index contributed by atoms with van der Waals surface area (Å²) in [7, 11) is 1.78. The van der Waals surface area contributed by atoms with Gasteiger partial charge in [-0.05, 0) is 60.9 Å². The molecule has 1 aliphatic carbocycles. The van der Waals surface area contributed by atoms with Gasteiger partial charge in [-0.1, -0.05) is 50.9 Å². The number of hydrogen-bond acceptors (Lipinski definition) is 2. The van der Waals surface area contributed by atoms with Gasteiger partial charge in [0.25, 0.3) is 5.82 Å². The molecule has 35 heavy (non-hydrogen) atoms. The molecule has 4 nitrogen and oxygen atoms in total. The van der Waals surface area contributed by atoms with E-state index in [0.717, 1.165) is 36.4 Å². The molecule has 4 rings (SSSR count). The molecule has 0 bridgehead atoms. The lowest BCUT2D eigenvalue weighted by Gasteiger charge is -2.36. The van der Waals surface area contributed by atoms with Crippen LogP contribution < -0.4 is 4.57 Å². The van der Waals surface area contributed by atoms with Gasteiger partial charge in [-0.15, -0.1) is 0 Å². The maximum atomic E-state index is 13.6. The van der Waals surface area contributed by atoms with Gasteiger partial charge in [0.15, 0.2) is 17.6 Å². The number of esters is 1. The van der Waals surface area contributed by atoms with Crippen molar-refractivity contribution in [1.29, 1.82) is 0 Å². The largest absolute Gasteiger partial charge is 0.459 e. The molecule has 0 spiro atoms. The lowest BCUT2D eigenvalue weighted by atomic mass is 9.75. The number of aromatic nitrogens is 2. The quantitative estimate of drug-likeness (QED) is 0.281. The Balaban J connectivity index is 1.73. The molecule has 0 saturated heterocycles. The van der Waals surface area contributed by atoms with Crippen LogP contribution in [0.5, 0.6) is 0 Å². The summed E-state index contributed by atoms with van der Waals surface area (Å²) >= 11 is 5.86. The highest BCUT2D eigenvalue weighted by molar-refractivity contribution is 6.31. The van der Waals surface area contributed by atoms with E-state index in [1.54, 1.807) is 22.2 Å². The Bertz CT molecular complexity index is 1240. The number of carbonyl (C=O) groups is 1. The predicted molar refractivity (Wildman–Crippen MR) is 130 cm³/mol. The fourth-order valence-electron chi connectivity index (χ4n) is 5.36. The highest BCUT2D eigenvalue weighted by Crippen LogP contribution is 2.38. The molecule has 3 aromatic rings. The van der Waals surface area contributed by atoms with Crippen LogP contribution in [-0.4, -0.2) is 16.6 Å². The Hall–Kier alpha value is -2.54. The Labute approximate surface area is 208 Å². The standard InChI is InChI=1S/C27H31ClF3N2O2/c1-16(2)19-11-9-17(3)13-24(19)35-25(34)15-33-23-8-6-5-7-22(23)32(4)26(33)18-10-12-21(28)20(14-18)27(29,30)31/h5-8,10,12,14,16-17,19,24H,9,11,13,15H2,1-4H3/q+1/t17-,19+,24-/m1/s1. The molecule has 1 aliphatic rings. The summed E-state index contributed by atoms with van der Waals surface area (Å²) in [5.74, 6) is 1.28. The van der Waals surface area contributed by atoms with E-state index in [1.165, 1.54) is 6.07 Å². The maximum absolute atomic E-state index is 13.6. The van der Waals surface area contributed by atoms with E-state index in [2.05, 4.69) is 20.8 Å². The smallest absolute Gasteiger partial charge is 0.417 e. The first kappa shape index (κ1) is 25.5. The molecule has 2 aromatic carbocycles. The number of carbonyl (C=O) groups excluding carboxylic acids is 1. The molecule has 8 heteroatoms. The van der Waals surface area contributed by atoms with Crippen molar-refractivity contribution in [3.63, 3.8) is 0 Å². The number of aryl methyl sites for hydroxylation is 1. The van der Waals surface area contributed by atoms with Crippen LogP contribution in [0.25, 0.3) is 22.4 Å². The summed E-state index contributed by atoms with van der Waals surface area (Å²) in [6.45, 7) is 6.37. The van der Waals surface area contributed by atoms with E-state index in [9.17, 15) is 18.0 Å². The van der Waals surface area contributed by atoms with Gasteiger partial charge in [0.05, 0.1) is 23.2 Å². The predicted octanol–water partition coefficient (Wildman–Crippen LogP) is 6.81. The van der Waals surface area contributed by atoms with E-state index >= 15 is 0 Å². The van der Waals surface area contributed by atoms with Gasteiger partial charge in [0.2, 0.25) is 0 Å². The second-order valence-corrected chi connectivity index (χ2v) is 10.4. The summed E-state index contributed by atoms with van der Waals surface area (Å²) in [4.78, 5) is 13.2. The molecule has 0 N–H and O–H groups in total. The molecule has 0 amide bonds. The van der Waals surface area contributed by atoms with Crippen LogP contribution in [0, 0.1) is 17.8 Å². The highest BCUT2D eigenvalue weighted by atomic mass is 35.5. The number of alkyl halides is 3. The number of halogens is 4. The second kappa shape index (κ2) is 9.84. The van der Waals surface area contributed by atoms with E-state index in [0.29, 0.717) is 29.1 Å². The molecule has 1 saturated carbocycles. The van der Waals surface area contributed by atoms with E-state index in [-0.39, 0.29) is 23.6 Å². The number of fused-ring (bicyclic) bond motifs is 1. The number of ether oxygens (including phenoxy) is 1. The van der Waals surface area contributed by atoms with Crippen LogP contribution in [0.1, 0.15) is 45.6 Å². The van der Waals surface area contributed by atoms with Crippen LogP contribution in [0.4, 0.5) is 13.2 Å². The van der Waals surface area contributed by atoms with Gasteiger partial charge < -0.3 is 4.74 Å². The van der Waals surface area contributed by atoms with Gasteiger partial charge in [-0.3, -0.25) is 0 Å². The third kappa shape index (κ3) is 5.20. The Morgan fingerprint density at radius 2 is 1.91 bits per heavy atom. The molecule has 1 heterocycles. The van der Waals surface area contributed by atoms with Crippen LogP contribution in [0.3, 0.4) is 0 Å². The van der Waals surface area contributed by atoms with Crippen LogP contribution in [-0.2, 0) is 29.3 Å². The molecular formula is C27H31ClF3N2O2+. The summed E-state index contributed by atoms with van der Waals surface area (Å²) in [5, 5.41) is -0.364. The molecule has 0 radical (unpaired) electrons. The first-order chi connectivity index (χ1) is 16.5. The van der Waals surface area contributed by atoms with Crippen LogP contribution in [0.2, 0.25) is 5.02 Å². The average Bonchev–Trinajstić information content (AvgIpc) is 3.05. The van der Waals surface area contributed by atoms with Crippen molar-refractivity contribution in [2.75, 3.05) is 0 Å².